The maximum atomic E-state index is 12.3. The van der Waals surface area contributed by atoms with Gasteiger partial charge in [-0.1, -0.05) is 24.3 Å². The zero-order valence-corrected chi connectivity index (χ0v) is 15.3. The first-order chi connectivity index (χ1) is 12.2. The van der Waals surface area contributed by atoms with E-state index in [1.165, 1.54) is 10.6 Å². The summed E-state index contributed by atoms with van der Waals surface area (Å²) in [6.07, 6.45) is 4.54. The second-order valence-corrected chi connectivity index (χ2v) is 8.40. The zero-order chi connectivity index (χ0) is 19.1. The molecule has 2 aromatic rings. The molecule has 0 aliphatic heterocycles. The summed E-state index contributed by atoms with van der Waals surface area (Å²) in [5, 5.41) is 9.31. The Morgan fingerprint density at radius 3 is 2.35 bits per heavy atom. The van der Waals surface area contributed by atoms with Crippen molar-refractivity contribution >= 4 is 16.0 Å². The van der Waals surface area contributed by atoms with Crippen LogP contribution in [0.2, 0.25) is 0 Å². The molecule has 3 rings (SSSR count). The lowest BCUT2D eigenvalue weighted by atomic mass is 10.0. The van der Waals surface area contributed by atoms with E-state index in [1.54, 1.807) is 37.4 Å². The number of hydrogen-bond donors (Lipinski definition) is 2. The Morgan fingerprint density at radius 1 is 1.23 bits per heavy atom. The molecular formula is C18H20N2O5S. The molecule has 1 aromatic heterocycles. The Hall–Kier alpha value is -2.45. The van der Waals surface area contributed by atoms with Crippen molar-refractivity contribution in [3.05, 3.63) is 58.0 Å². The number of nitrogens with one attached hydrogen (secondary N) is 1. The number of pyridine rings is 1. The first kappa shape index (κ1) is 18.3. The van der Waals surface area contributed by atoms with Crippen LogP contribution in [0.25, 0.3) is 11.1 Å². The van der Waals surface area contributed by atoms with Gasteiger partial charge in [0.15, 0.2) is 0 Å². The monoisotopic (exact) mass is 376 g/mol. The number of benzene rings is 1. The van der Waals surface area contributed by atoms with E-state index in [0.717, 1.165) is 30.2 Å². The van der Waals surface area contributed by atoms with Gasteiger partial charge in [0.1, 0.15) is 5.56 Å². The summed E-state index contributed by atoms with van der Waals surface area (Å²) in [6.45, 7) is 1.74. The first-order valence-corrected chi connectivity index (χ1v) is 10.1. The van der Waals surface area contributed by atoms with E-state index >= 15 is 0 Å². The summed E-state index contributed by atoms with van der Waals surface area (Å²) in [5.74, 6) is -1.24. The molecule has 0 bridgehead atoms. The molecule has 1 aliphatic carbocycles. The molecule has 1 heterocycles. The van der Waals surface area contributed by atoms with Gasteiger partial charge >= 0.3 is 5.97 Å². The van der Waals surface area contributed by atoms with Crippen LogP contribution in [0, 0.1) is 0 Å². The molecule has 1 aromatic carbocycles. The number of hydrogen-bond acceptors (Lipinski definition) is 4. The number of sulfonamides is 1. The van der Waals surface area contributed by atoms with E-state index in [0.29, 0.717) is 5.56 Å². The second-order valence-electron chi connectivity index (χ2n) is 6.62. The fourth-order valence-corrected chi connectivity index (χ4v) is 3.67. The van der Waals surface area contributed by atoms with Gasteiger partial charge in [0.2, 0.25) is 10.0 Å². The number of carboxylic acids is 1. The number of carboxylic acid groups (broad SMARTS) is 1. The third-order valence-corrected chi connectivity index (χ3v) is 5.13. The van der Waals surface area contributed by atoms with Crippen LogP contribution < -0.4 is 10.3 Å². The molecule has 1 aliphatic rings. The average molecular weight is 376 g/mol. The van der Waals surface area contributed by atoms with E-state index in [4.69, 9.17) is 0 Å². The predicted molar refractivity (Wildman–Crippen MR) is 97.8 cm³/mol. The van der Waals surface area contributed by atoms with E-state index in [-0.39, 0.29) is 17.6 Å². The van der Waals surface area contributed by atoms with Crippen molar-refractivity contribution in [1.82, 2.24) is 9.29 Å². The van der Waals surface area contributed by atoms with Gasteiger partial charge in [0, 0.05) is 18.3 Å². The van der Waals surface area contributed by atoms with Gasteiger partial charge < -0.3 is 9.67 Å². The second kappa shape index (κ2) is 6.69. The van der Waals surface area contributed by atoms with E-state index in [1.807, 2.05) is 0 Å². The van der Waals surface area contributed by atoms with Gasteiger partial charge in [-0.25, -0.2) is 17.9 Å². The lowest BCUT2D eigenvalue weighted by Gasteiger charge is -2.14. The number of nitrogens with zero attached hydrogens (tertiary/aromatic N) is 1. The number of carbonyl (C=O) groups is 1. The molecule has 26 heavy (non-hydrogen) atoms. The summed E-state index contributed by atoms with van der Waals surface area (Å²) < 4.78 is 26.7. The summed E-state index contributed by atoms with van der Waals surface area (Å²) in [4.78, 5) is 23.7. The quantitative estimate of drug-likeness (QED) is 0.804. The third kappa shape index (κ3) is 4.03. The van der Waals surface area contributed by atoms with E-state index < -0.39 is 21.6 Å². The minimum absolute atomic E-state index is 0.0683. The van der Waals surface area contributed by atoms with Crippen LogP contribution in [0.3, 0.4) is 0 Å². The van der Waals surface area contributed by atoms with E-state index in [9.17, 15) is 23.1 Å². The van der Waals surface area contributed by atoms with Crippen LogP contribution >= 0.6 is 0 Å². The van der Waals surface area contributed by atoms with Crippen molar-refractivity contribution in [1.29, 1.82) is 0 Å². The smallest absolute Gasteiger partial charge is 0.341 e. The van der Waals surface area contributed by atoms with Gasteiger partial charge in [0.05, 0.1) is 6.26 Å². The van der Waals surface area contributed by atoms with Crippen molar-refractivity contribution in [2.24, 2.45) is 0 Å². The third-order valence-electron chi connectivity index (χ3n) is 4.35. The van der Waals surface area contributed by atoms with Crippen LogP contribution in [0.4, 0.5) is 0 Å². The summed E-state index contributed by atoms with van der Waals surface area (Å²) in [5.41, 5.74) is 1.46. The highest BCUT2D eigenvalue weighted by atomic mass is 32.2. The molecule has 2 N–H and O–H groups in total. The minimum Gasteiger partial charge on any atom is -0.477 e. The maximum Gasteiger partial charge on any atom is 0.341 e. The Labute approximate surface area is 151 Å². The summed E-state index contributed by atoms with van der Waals surface area (Å²) >= 11 is 0. The molecule has 0 saturated heterocycles. The largest absolute Gasteiger partial charge is 0.477 e. The molecule has 1 saturated carbocycles. The fourth-order valence-electron chi connectivity index (χ4n) is 2.89. The van der Waals surface area contributed by atoms with Crippen LogP contribution in [-0.2, 0) is 10.0 Å². The Balaban J connectivity index is 1.96. The highest BCUT2D eigenvalue weighted by Gasteiger charge is 2.27. The van der Waals surface area contributed by atoms with Crippen LogP contribution in [0.5, 0.6) is 0 Å². The molecule has 1 atom stereocenters. The van der Waals surface area contributed by atoms with Gasteiger partial charge in [-0.05, 0) is 42.5 Å². The van der Waals surface area contributed by atoms with Crippen molar-refractivity contribution in [3.8, 4) is 11.1 Å². The summed E-state index contributed by atoms with van der Waals surface area (Å²) in [6, 6.07) is 8.22. The highest BCUT2D eigenvalue weighted by Crippen LogP contribution is 2.34. The molecule has 8 heteroatoms. The maximum absolute atomic E-state index is 12.3. The van der Waals surface area contributed by atoms with Crippen molar-refractivity contribution in [2.45, 2.75) is 31.8 Å². The molecule has 0 unspecified atom stereocenters. The zero-order valence-electron chi connectivity index (χ0n) is 14.5. The molecular weight excluding hydrogens is 356 g/mol. The fraction of sp³-hybridized carbons (Fsp3) is 0.333. The van der Waals surface area contributed by atoms with Crippen LogP contribution in [-0.4, -0.2) is 30.3 Å². The standard InChI is InChI=1S/C18H20N2O5S/c1-11(19-26(2,24)25)12-3-5-13(6-4-12)14-9-16(18(22)23)17(21)20(10-14)15-7-8-15/h3-6,9-11,15,19H,7-8H2,1-2H3,(H,22,23)/t11-/m0/s1. The number of aromatic carboxylic acids is 1. The SMILES string of the molecule is C[C@H](NS(C)(=O)=O)c1ccc(-c2cc(C(=O)O)c(=O)n(C3CC3)c2)cc1. The van der Waals surface area contributed by atoms with Crippen molar-refractivity contribution < 1.29 is 18.3 Å². The Bertz CT molecular complexity index is 1000. The van der Waals surface area contributed by atoms with Crippen LogP contribution in [0.15, 0.2) is 41.3 Å². The Morgan fingerprint density at radius 2 is 1.85 bits per heavy atom. The average Bonchev–Trinajstić information content (AvgIpc) is 3.38. The van der Waals surface area contributed by atoms with Gasteiger partial charge in [-0.3, -0.25) is 4.79 Å². The van der Waals surface area contributed by atoms with E-state index in [2.05, 4.69) is 4.72 Å². The topological polar surface area (TPSA) is 105 Å². The molecule has 0 amide bonds. The highest BCUT2D eigenvalue weighted by molar-refractivity contribution is 7.88. The molecule has 0 radical (unpaired) electrons. The first-order valence-electron chi connectivity index (χ1n) is 8.23. The minimum atomic E-state index is -3.32. The van der Waals surface area contributed by atoms with Crippen LogP contribution in [0.1, 0.15) is 47.8 Å². The lowest BCUT2D eigenvalue weighted by Crippen LogP contribution is -2.25. The van der Waals surface area contributed by atoms with Gasteiger partial charge in [-0.15, -0.1) is 0 Å². The molecule has 138 valence electrons. The van der Waals surface area contributed by atoms with Gasteiger partial charge in [0.25, 0.3) is 5.56 Å². The number of rotatable bonds is 6. The normalized spacial score (nSPS) is 15.6. The molecule has 1 fully saturated rings. The Kier molecular flexibility index (Phi) is 4.72. The number of aromatic nitrogens is 1. The molecule has 0 spiro atoms. The van der Waals surface area contributed by atoms with Gasteiger partial charge in [-0.2, -0.15) is 0 Å². The van der Waals surface area contributed by atoms with Crippen molar-refractivity contribution in [2.75, 3.05) is 6.26 Å². The van der Waals surface area contributed by atoms with Crippen molar-refractivity contribution in [3.63, 3.8) is 0 Å². The molecule has 7 nitrogen and oxygen atoms in total. The predicted octanol–water partition coefficient (Wildman–Crippen LogP) is 2.16. The lowest BCUT2D eigenvalue weighted by molar-refractivity contribution is 0.0694. The summed E-state index contributed by atoms with van der Waals surface area (Å²) in [7, 11) is -3.32.